The standard InChI is InChI=1S/C24H36ClN7O2/c1-16-14-19(30-29-16)27-20-18(25)15-26-21(28-20)31(5)17-6-8-24(9-7-17)10-12-32(13-11-24)22(33)34-23(2,3)4/h14-15,17H,6-13H2,1-5H3,(H2,26,27,28,29,30). The number of hydrogen-bond acceptors (Lipinski definition) is 7. The average molecular weight is 490 g/mol. The summed E-state index contributed by atoms with van der Waals surface area (Å²) in [6.07, 6.45) is 7.98. The van der Waals surface area contributed by atoms with E-state index in [9.17, 15) is 4.79 Å². The zero-order chi connectivity index (χ0) is 24.5. The molecule has 2 N–H and O–H groups in total. The fourth-order valence-corrected chi connectivity index (χ4v) is 5.11. The smallest absolute Gasteiger partial charge is 0.410 e. The molecule has 3 heterocycles. The van der Waals surface area contributed by atoms with Crippen molar-refractivity contribution in [2.75, 3.05) is 30.4 Å². The average Bonchev–Trinajstić information content (AvgIpc) is 3.19. The number of aromatic amines is 1. The van der Waals surface area contributed by atoms with Crippen LogP contribution >= 0.6 is 11.6 Å². The van der Waals surface area contributed by atoms with Crippen LogP contribution in [0, 0.1) is 12.3 Å². The molecule has 1 aliphatic heterocycles. The molecule has 1 saturated carbocycles. The molecule has 2 aromatic rings. The highest BCUT2D eigenvalue weighted by Gasteiger charge is 2.40. The predicted molar refractivity (Wildman–Crippen MR) is 134 cm³/mol. The van der Waals surface area contributed by atoms with Gasteiger partial charge in [-0.25, -0.2) is 9.78 Å². The first-order valence-corrected chi connectivity index (χ1v) is 12.4. The minimum atomic E-state index is -0.453. The maximum Gasteiger partial charge on any atom is 0.410 e. The molecule has 0 radical (unpaired) electrons. The minimum Gasteiger partial charge on any atom is -0.444 e. The molecule has 2 aromatic heterocycles. The largest absolute Gasteiger partial charge is 0.444 e. The highest BCUT2D eigenvalue weighted by molar-refractivity contribution is 6.32. The van der Waals surface area contributed by atoms with Gasteiger partial charge in [-0.3, -0.25) is 5.10 Å². The van der Waals surface area contributed by atoms with E-state index in [1.165, 1.54) is 0 Å². The van der Waals surface area contributed by atoms with Gasteiger partial charge in [-0.05, 0) is 71.6 Å². The molecule has 10 heteroatoms. The van der Waals surface area contributed by atoms with Gasteiger partial charge in [-0.2, -0.15) is 10.1 Å². The van der Waals surface area contributed by atoms with E-state index in [0.29, 0.717) is 34.1 Å². The molecule has 2 aliphatic rings. The second-order valence-electron chi connectivity index (χ2n) is 10.7. The normalized spacial score (nSPS) is 18.7. The van der Waals surface area contributed by atoms with Crippen molar-refractivity contribution in [1.82, 2.24) is 25.1 Å². The summed E-state index contributed by atoms with van der Waals surface area (Å²) < 4.78 is 5.55. The maximum absolute atomic E-state index is 12.4. The van der Waals surface area contributed by atoms with Crippen LogP contribution in [-0.2, 0) is 4.74 Å². The van der Waals surface area contributed by atoms with E-state index in [-0.39, 0.29) is 6.09 Å². The summed E-state index contributed by atoms with van der Waals surface area (Å²) in [5, 5.41) is 10.7. The van der Waals surface area contributed by atoms with Crippen LogP contribution < -0.4 is 10.2 Å². The van der Waals surface area contributed by atoms with Crippen LogP contribution in [0.4, 0.5) is 22.4 Å². The zero-order valence-electron chi connectivity index (χ0n) is 20.8. The predicted octanol–water partition coefficient (Wildman–Crippen LogP) is 5.30. The molecule has 1 spiro atoms. The number of aryl methyl sites for hydroxylation is 1. The third-order valence-electron chi connectivity index (χ3n) is 7.04. The van der Waals surface area contributed by atoms with Crippen molar-refractivity contribution >= 4 is 35.3 Å². The number of ether oxygens (including phenoxy) is 1. The van der Waals surface area contributed by atoms with Gasteiger partial charge in [0.15, 0.2) is 11.6 Å². The summed E-state index contributed by atoms with van der Waals surface area (Å²) in [5.74, 6) is 1.87. The van der Waals surface area contributed by atoms with Crippen molar-refractivity contribution in [1.29, 1.82) is 0 Å². The number of aromatic nitrogens is 4. The highest BCUT2D eigenvalue weighted by Crippen LogP contribution is 2.46. The zero-order valence-corrected chi connectivity index (χ0v) is 21.6. The number of halogens is 1. The van der Waals surface area contributed by atoms with Gasteiger partial charge >= 0.3 is 6.09 Å². The van der Waals surface area contributed by atoms with E-state index in [2.05, 4.69) is 37.4 Å². The molecule has 186 valence electrons. The first-order valence-electron chi connectivity index (χ1n) is 12.1. The molecular formula is C24H36ClN7O2. The molecule has 1 saturated heterocycles. The number of rotatable bonds is 4. The monoisotopic (exact) mass is 489 g/mol. The van der Waals surface area contributed by atoms with Crippen LogP contribution in [0.2, 0.25) is 5.02 Å². The Kier molecular flexibility index (Phi) is 6.94. The van der Waals surface area contributed by atoms with Crippen molar-refractivity contribution in [2.45, 2.75) is 77.9 Å². The van der Waals surface area contributed by atoms with Crippen molar-refractivity contribution in [3.8, 4) is 0 Å². The fraction of sp³-hybridized carbons (Fsp3) is 0.667. The van der Waals surface area contributed by atoms with E-state index < -0.39 is 5.60 Å². The van der Waals surface area contributed by atoms with E-state index >= 15 is 0 Å². The fourth-order valence-electron chi connectivity index (χ4n) is 4.97. The number of hydrogen-bond donors (Lipinski definition) is 2. The molecule has 0 atom stereocenters. The molecule has 1 aliphatic carbocycles. The second-order valence-corrected chi connectivity index (χ2v) is 11.1. The molecule has 4 rings (SSSR count). The molecule has 0 bridgehead atoms. The quantitative estimate of drug-likeness (QED) is 0.600. The minimum absolute atomic E-state index is 0.190. The third kappa shape index (κ3) is 5.74. The lowest BCUT2D eigenvalue weighted by atomic mass is 9.67. The van der Waals surface area contributed by atoms with Crippen LogP contribution in [0.1, 0.15) is 65.0 Å². The van der Waals surface area contributed by atoms with Gasteiger partial charge in [0.1, 0.15) is 10.6 Å². The summed E-state index contributed by atoms with van der Waals surface area (Å²) in [6, 6.07) is 2.27. The number of likely N-dealkylation sites (tertiary alicyclic amines) is 1. The van der Waals surface area contributed by atoms with Gasteiger partial charge < -0.3 is 19.9 Å². The Morgan fingerprint density at radius 1 is 1.26 bits per heavy atom. The van der Waals surface area contributed by atoms with Crippen LogP contribution in [0.15, 0.2) is 12.3 Å². The number of carbonyl (C=O) groups is 1. The van der Waals surface area contributed by atoms with Gasteiger partial charge in [0.05, 0.1) is 6.20 Å². The lowest BCUT2D eigenvalue weighted by molar-refractivity contribution is 0.00351. The van der Waals surface area contributed by atoms with Crippen molar-refractivity contribution in [3.63, 3.8) is 0 Å². The summed E-state index contributed by atoms with van der Waals surface area (Å²) in [6.45, 7) is 9.23. The number of amides is 1. The maximum atomic E-state index is 12.4. The van der Waals surface area contributed by atoms with E-state index in [1.807, 2.05) is 38.7 Å². The Hall–Kier alpha value is -2.55. The number of nitrogens with zero attached hydrogens (tertiary/aromatic N) is 5. The molecule has 1 amide bonds. The SMILES string of the molecule is Cc1cc(Nc2nc(N(C)C3CCC4(CC3)CCN(C(=O)OC(C)(C)C)CC4)ncc2Cl)n[nH]1. The van der Waals surface area contributed by atoms with Crippen LogP contribution in [0.3, 0.4) is 0 Å². The lowest BCUT2D eigenvalue weighted by Crippen LogP contribution is -2.48. The lowest BCUT2D eigenvalue weighted by Gasteiger charge is -2.47. The molecule has 9 nitrogen and oxygen atoms in total. The number of carbonyl (C=O) groups excluding carboxylic acids is 1. The van der Waals surface area contributed by atoms with Gasteiger partial charge in [-0.15, -0.1) is 0 Å². The van der Waals surface area contributed by atoms with Crippen LogP contribution in [0.25, 0.3) is 0 Å². The van der Waals surface area contributed by atoms with Crippen LogP contribution in [0.5, 0.6) is 0 Å². The van der Waals surface area contributed by atoms with Gasteiger partial charge in [0, 0.05) is 37.9 Å². The Morgan fingerprint density at radius 3 is 2.53 bits per heavy atom. The summed E-state index contributed by atoms with van der Waals surface area (Å²) in [7, 11) is 2.06. The van der Waals surface area contributed by atoms with E-state index in [1.54, 1.807) is 6.20 Å². The van der Waals surface area contributed by atoms with Crippen molar-refractivity contribution in [2.24, 2.45) is 5.41 Å². The van der Waals surface area contributed by atoms with E-state index in [0.717, 1.165) is 57.3 Å². The number of piperidine rings is 1. The van der Waals surface area contributed by atoms with Gasteiger partial charge in [-0.1, -0.05) is 11.6 Å². The Labute approximate surface area is 206 Å². The summed E-state index contributed by atoms with van der Waals surface area (Å²) in [4.78, 5) is 25.6. The third-order valence-corrected chi connectivity index (χ3v) is 7.32. The first-order chi connectivity index (χ1) is 16.0. The van der Waals surface area contributed by atoms with Gasteiger partial charge in [0.2, 0.25) is 5.95 Å². The van der Waals surface area contributed by atoms with E-state index in [4.69, 9.17) is 16.3 Å². The topological polar surface area (TPSA) is 99.3 Å². The van der Waals surface area contributed by atoms with Crippen molar-refractivity contribution in [3.05, 3.63) is 23.0 Å². The molecule has 0 unspecified atom stereocenters. The molecule has 34 heavy (non-hydrogen) atoms. The number of H-pyrrole nitrogens is 1. The molecular weight excluding hydrogens is 454 g/mol. The highest BCUT2D eigenvalue weighted by atomic mass is 35.5. The number of anilines is 3. The molecule has 0 aromatic carbocycles. The Morgan fingerprint density at radius 2 is 1.94 bits per heavy atom. The van der Waals surface area contributed by atoms with Crippen molar-refractivity contribution < 1.29 is 9.53 Å². The van der Waals surface area contributed by atoms with Crippen LogP contribution in [-0.4, -0.2) is 62.9 Å². The second kappa shape index (κ2) is 9.60. The summed E-state index contributed by atoms with van der Waals surface area (Å²) >= 11 is 6.33. The first kappa shape index (κ1) is 24.6. The summed E-state index contributed by atoms with van der Waals surface area (Å²) in [5.41, 5.74) is 0.824. The van der Waals surface area contributed by atoms with Gasteiger partial charge in [0.25, 0.3) is 0 Å². The Balaban J connectivity index is 1.33. The Bertz CT molecular complexity index is 1000. The molecule has 2 fully saturated rings. The number of nitrogens with one attached hydrogen (secondary N) is 2.